The van der Waals surface area contributed by atoms with Crippen molar-refractivity contribution in [3.8, 4) is 0 Å². The average molecular weight is 252 g/mol. The summed E-state index contributed by atoms with van der Waals surface area (Å²) < 4.78 is 7.14. The molecular formula is C12H20N4O2. The van der Waals surface area contributed by atoms with E-state index in [0.717, 1.165) is 5.56 Å². The minimum atomic E-state index is -0.0886. The van der Waals surface area contributed by atoms with E-state index in [4.69, 9.17) is 4.74 Å². The molecule has 2 unspecified atom stereocenters. The molecule has 2 atom stereocenters. The van der Waals surface area contributed by atoms with Gasteiger partial charge in [0.15, 0.2) is 0 Å². The molecule has 0 aromatic carbocycles. The first-order valence-electron chi connectivity index (χ1n) is 6.22. The molecule has 1 aromatic rings. The van der Waals surface area contributed by atoms with E-state index in [0.29, 0.717) is 26.3 Å². The summed E-state index contributed by atoms with van der Waals surface area (Å²) in [5.41, 5.74) is 1.13. The molecule has 0 bridgehead atoms. The molecule has 2 rings (SSSR count). The number of nitrogens with zero attached hydrogens (tertiary/aromatic N) is 2. The minimum absolute atomic E-state index is 0.0516. The Labute approximate surface area is 107 Å². The van der Waals surface area contributed by atoms with E-state index in [1.165, 1.54) is 0 Å². The van der Waals surface area contributed by atoms with Gasteiger partial charge in [-0.05, 0) is 19.5 Å². The van der Waals surface area contributed by atoms with E-state index >= 15 is 0 Å². The van der Waals surface area contributed by atoms with Crippen molar-refractivity contribution < 1.29 is 9.53 Å². The molecule has 2 N–H and O–H groups in total. The van der Waals surface area contributed by atoms with E-state index in [2.05, 4.69) is 15.7 Å². The van der Waals surface area contributed by atoms with Gasteiger partial charge in [0.05, 0.1) is 31.9 Å². The summed E-state index contributed by atoms with van der Waals surface area (Å²) in [4.78, 5) is 11.9. The normalized spacial score (nSPS) is 23.2. The van der Waals surface area contributed by atoms with Crippen molar-refractivity contribution in [3.05, 3.63) is 18.0 Å². The van der Waals surface area contributed by atoms with Crippen LogP contribution in [0, 0.1) is 12.8 Å². The Kier molecular flexibility index (Phi) is 4.33. The van der Waals surface area contributed by atoms with Gasteiger partial charge < -0.3 is 15.4 Å². The van der Waals surface area contributed by atoms with Crippen LogP contribution in [0.5, 0.6) is 0 Å². The summed E-state index contributed by atoms with van der Waals surface area (Å²) in [5.74, 6) is -0.0370. The highest BCUT2D eigenvalue weighted by molar-refractivity contribution is 5.79. The monoisotopic (exact) mass is 252 g/mol. The van der Waals surface area contributed by atoms with Gasteiger partial charge in [-0.1, -0.05) is 0 Å². The number of hydrogen-bond donors (Lipinski definition) is 2. The van der Waals surface area contributed by atoms with Gasteiger partial charge in [-0.3, -0.25) is 9.48 Å². The van der Waals surface area contributed by atoms with Gasteiger partial charge in [0, 0.05) is 18.8 Å². The summed E-state index contributed by atoms with van der Waals surface area (Å²) in [6.45, 7) is 4.38. The largest absolute Gasteiger partial charge is 0.379 e. The first-order chi connectivity index (χ1) is 8.70. The standard InChI is InChI=1S/C12H20N4O2/c1-9-5-15-16(6-9)4-3-14-12(17)10-7-18-8-11(10)13-2/h5-6,10-11,13H,3-4,7-8H2,1-2H3,(H,14,17). The highest BCUT2D eigenvalue weighted by Crippen LogP contribution is 2.13. The zero-order chi connectivity index (χ0) is 13.0. The lowest BCUT2D eigenvalue weighted by Gasteiger charge is -2.16. The van der Waals surface area contributed by atoms with E-state index in [-0.39, 0.29) is 17.9 Å². The molecule has 0 spiro atoms. The molecule has 0 aliphatic carbocycles. The Hall–Kier alpha value is -1.40. The van der Waals surface area contributed by atoms with Crippen LogP contribution >= 0.6 is 0 Å². The van der Waals surface area contributed by atoms with Crippen molar-refractivity contribution in [2.45, 2.75) is 19.5 Å². The Bertz CT molecular complexity index is 405. The second-order valence-electron chi connectivity index (χ2n) is 4.61. The summed E-state index contributed by atoms with van der Waals surface area (Å²) >= 11 is 0. The predicted octanol–water partition coefficient (Wildman–Crippen LogP) is -0.458. The Morgan fingerprint density at radius 1 is 1.61 bits per heavy atom. The highest BCUT2D eigenvalue weighted by atomic mass is 16.5. The van der Waals surface area contributed by atoms with Crippen LogP contribution in [0.25, 0.3) is 0 Å². The molecule has 100 valence electrons. The van der Waals surface area contributed by atoms with Gasteiger partial charge in [0.2, 0.25) is 5.91 Å². The number of amides is 1. The predicted molar refractivity (Wildman–Crippen MR) is 67.1 cm³/mol. The van der Waals surface area contributed by atoms with Crippen LogP contribution in [0.15, 0.2) is 12.4 Å². The lowest BCUT2D eigenvalue weighted by molar-refractivity contribution is -0.125. The molecule has 1 aliphatic heterocycles. The van der Waals surface area contributed by atoms with E-state index in [1.807, 2.05) is 31.0 Å². The van der Waals surface area contributed by atoms with Crippen molar-refractivity contribution in [1.29, 1.82) is 0 Å². The third-order valence-corrected chi connectivity index (χ3v) is 3.19. The third kappa shape index (κ3) is 3.08. The van der Waals surface area contributed by atoms with Gasteiger partial charge >= 0.3 is 0 Å². The zero-order valence-corrected chi connectivity index (χ0v) is 10.8. The molecule has 0 saturated carbocycles. The van der Waals surface area contributed by atoms with Gasteiger partial charge in [-0.2, -0.15) is 5.10 Å². The van der Waals surface area contributed by atoms with Crippen molar-refractivity contribution in [3.63, 3.8) is 0 Å². The minimum Gasteiger partial charge on any atom is -0.379 e. The lowest BCUT2D eigenvalue weighted by Crippen LogP contribution is -2.43. The Morgan fingerprint density at radius 3 is 3.11 bits per heavy atom. The van der Waals surface area contributed by atoms with Gasteiger partial charge in [0.25, 0.3) is 0 Å². The van der Waals surface area contributed by atoms with Crippen molar-refractivity contribution >= 4 is 5.91 Å². The van der Waals surface area contributed by atoms with Crippen LogP contribution in [-0.2, 0) is 16.1 Å². The number of carbonyl (C=O) groups is 1. The lowest BCUT2D eigenvalue weighted by atomic mass is 10.0. The maximum atomic E-state index is 11.9. The first-order valence-corrected chi connectivity index (χ1v) is 6.22. The summed E-state index contributed by atoms with van der Waals surface area (Å²) in [6, 6.07) is 0.122. The number of aryl methyl sites for hydroxylation is 1. The van der Waals surface area contributed by atoms with Gasteiger partial charge in [0.1, 0.15) is 0 Å². The molecule has 1 fully saturated rings. The van der Waals surface area contributed by atoms with Crippen LogP contribution in [0.4, 0.5) is 0 Å². The summed E-state index contributed by atoms with van der Waals surface area (Å²) in [6.07, 6.45) is 3.77. The number of aromatic nitrogens is 2. The average Bonchev–Trinajstić information content (AvgIpc) is 2.97. The fourth-order valence-electron chi connectivity index (χ4n) is 2.11. The molecule has 1 aliphatic rings. The zero-order valence-electron chi connectivity index (χ0n) is 10.8. The number of carbonyl (C=O) groups excluding carboxylic acids is 1. The topological polar surface area (TPSA) is 68.2 Å². The molecule has 1 aromatic heterocycles. The highest BCUT2D eigenvalue weighted by Gasteiger charge is 2.32. The number of likely N-dealkylation sites (N-methyl/N-ethyl adjacent to an activating group) is 1. The molecule has 6 nitrogen and oxygen atoms in total. The van der Waals surface area contributed by atoms with E-state index in [9.17, 15) is 4.79 Å². The Balaban J connectivity index is 1.74. The molecule has 6 heteroatoms. The fraction of sp³-hybridized carbons (Fsp3) is 0.667. The Morgan fingerprint density at radius 2 is 2.44 bits per heavy atom. The summed E-state index contributed by atoms with van der Waals surface area (Å²) in [5, 5.41) is 10.2. The van der Waals surface area contributed by atoms with Crippen LogP contribution in [0.2, 0.25) is 0 Å². The SMILES string of the molecule is CNC1COCC1C(=O)NCCn1cc(C)cn1. The molecule has 1 saturated heterocycles. The molecule has 1 amide bonds. The second kappa shape index (κ2) is 5.97. The third-order valence-electron chi connectivity index (χ3n) is 3.19. The number of nitrogens with one attached hydrogen (secondary N) is 2. The number of hydrogen-bond acceptors (Lipinski definition) is 4. The number of ether oxygens (including phenoxy) is 1. The quantitative estimate of drug-likeness (QED) is 0.744. The van der Waals surface area contributed by atoms with Crippen molar-refractivity contribution in [1.82, 2.24) is 20.4 Å². The molecule has 0 radical (unpaired) electrons. The van der Waals surface area contributed by atoms with E-state index < -0.39 is 0 Å². The van der Waals surface area contributed by atoms with Crippen LogP contribution in [0.1, 0.15) is 5.56 Å². The van der Waals surface area contributed by atoms with Crippen LogP contribution in [0.3, 0.4) is 0 Å². The van der Waals surface area contributed by atoms with Crippen LogP contribution in [-0.4, -0.2) is 48.5 Å². The van der Waals surface area contributed by atoms with E-state index in [1.54, 1.807) is 0 Å². The first kappa shape index (κ1) is 13.0. The second-order valence-corrected chi connectivity index (χ2v) is 4.61. The smallest absolute Gasteiger partial charge is 0.227 e. The maximum Gasteiger partial charge on any atom is 0.227 e. The van der Waals surface area contributed by atoms with Gasteiger partial charge in [-0.25, -0.2) is 0 Å². The van der Waals surface area contributed by atoms with Crippen molar-refractivity contribution in [2.75, 3.05) is 26.8 Å². The molecule has 18 heavy (non-hydrogen) atoms. The number of rotatable bonds is 5. The van der Waals surface area contributed by atoms with Crippen LogP contribution < -0.4 is 10.6 Å². The molecular weight excluding hydrogens is 232 g/mol. The maximum absolute atomic E-state index is 11.9. The molecule has 2 heterocycles. The fourth-order valence-corrected chi connectivity index (χ4v) is 2.11. The van der Waals surface area contributed by atoms with Gasteiger partial charge in [-0.15, -0.1) is 0 Å². The van der Waals surface area contributed by atoms with Crippen molar-refractivity contribution in [2.24, 2.45) is 5.92 Å². The summed E-state index contributed by atoms with van der Waals surface area (Å²) in [7, 11) is 1.85.